The normalized spacial score (nSPS) is 51.3. The lowest BCUT2D eigenvalue weighted by molar-refractivity contribution is -0.148. The van der Waals surface area contributed by atoms with Crippen LogP contribution < -0.4 is 0 Å². The van der Waals surface area contributed by atoms with E-state index >= 15 is 0 Å². The third-order valence-corrected chi connectivity index (χ3v) is 4.94. The molecule has 86 valence electrons. The van der Waals surface area contributed by atoms with Crippen LogP contribution in [0, 0.1) is 23.2 Å². The molecule has 0 aromatic heterocycles. The highest BCUT2D eigenvalue weighted by Crippen LogP contribution is 2.51. The maximum atomic E-state index is 12.3. The maximum absolute atomic E-state index is 12.3. The fourth-order valence-corrected chi connectivity index (χ4v) is 3.76. The largest absolute Gasteiger partial charge is 0.393 e. The summed E-state index contributed by atoms with van der Waals surface area (Å²) >= 11 is 0. The summed E-state index contributed by atoms with van der Waals surface area (Å²) in [5.41, 5.74) is -0.143. The van der Waals surface area contributed by atoms with E-state index in [-0.39, 0.29) is 17.4 Å². The Morgan fingerprint density at radius 3 is 2.60 bits per heavy atom. The van der Waals surface area contributed by atoms with Crippen molar-refractivity contribution in [2.45, 2.75) is 52.6 Å². The molecule has 0 heterocycles. The second-order valence-electron chi connectivity index (χ2n) is 5.83. The molecule has 2 aliphatic carbocycles. The van der Waals surface area contributed by atoms with Gasteiger partial charge >= 0.3 is 0 Å². The molecule has 0 amide bonds. The highest BCUT2D eigenvalue weighted by molar-refractivity contribution is 5.87. The molecule has 2 saturated carbocycles. The van der Waals surface area contributed by atoms with Crippen molar-refractivity contribution in [1.29, 1.82) is 0 Å². The zero-order valence-electron chi connectivity index (χ0n) is 9.99. The number of rotatable bonds is 0. The van der Waals surface area contributed by atoms with Crippen molar-refractivity contribution in [3.63, 3.8) is 0 Å². The Bertz CT molecular complexity index is 274. The van der Waals surface area contributed by atoms with Crippen molar-refractivity contribution in [1.82, 2.24) is 0 Å². The smallest absolute Gasteiger partial charge is 0.141 e. The molecule has 2 rings (SSSR count). The Kier molecular flexibility index (Phi) is 2.66. The zero-order valence-corrected chi connectivity index (χ0v) is 9.99. The van der Waals surface area contributed by atoms with Gasteiger partial charge in [0.15, 0.2) is 0 Å². The van der Waals surface area contributed by atoms with Crippen molar-refractivity contribution in [2.75, 3.05) is 0 Å². The molecule has 2 fully saturated rings. The fraction of sp³-hybridized carbons (Fsp3) is 0.923. The molecule has 0 aromatic carbocycles. The quantitative estimate of drug-likeness (QED) is 0.666. The first-order chi connectivity index (χ1) is 6.97. The van der Waals surface area contributed by atoms with Crippen LogP contribution >= 0.6 is 0 Å². The number of ketones is 1. The van der Waals surface area contributed by atoms with E-state index in [9.17, 15) is 9.90 Å². The number of Topliss-reactive ketones (excluding diaryl/α,β-unsaturated/α-hetero) is 1. The first kappa shape index (κ1) is 11.1. The minimum absolute atomic E-state index is 0.143. The van der Waals surface area contributed by atoms with Gasteiger partial charge in [0.2, 0.25) is 0 Å². The van der Waals surface area contributed by atoms with Crippen LogP contribution in [0.1, 0.15) is 46.5 Å². The van der Waals surface area contributed by atoms with Gasteiger partial charge in [-0.2, -0.15) is 0 Å². The molecule has 0 aromatic rings. The molecule has 5 atom stereocenters. The number of hydrogen-bond donors (Lipinski definition) is 1. The van der Waals surface area contributed by atoms with E-state index in [1.165, 1.54) is 0 Å². The van der Waals surface area contributed by atoms with Crippen LogP contribution in [-0.2, 0) is 4.79 Å². The molecule has 0 aliphatic heterocycles. The molecule has 15 heavy (non-hydrogen) atoms. The monoisotopic (exact) mass is 210 g/mol. The number of carbonyl (C=O) groups excluding carboxylic acids is 1. The zero-order chi connectivity index (χ0) is 11.2. The van der Waals surface area contributed by atoms with E-state index < -0.39 is 0 Å². The Morgan fingerprint density at radius 1 is 1.27 bits per heavy atom. The summed E-state index contributed by atoms with van der Waals surface area (Å²) in [4.78, 5) is 12.3. The van der Waals surface area contributed by atoms with E-state index in [4.69, 9.17) is 0 Å². The van der Waals surface area contributed by atoms with E-state index in [0.717, 1.165) is 25.7 Å². The van der Waals surface area contributed by atoms with Crippen molar-refractivity contribution < 1.29 is 9.90 Å². The third-order valence-electron chi connectivity index (χ3n) is 4.94. The summed E-state index contributed by atoms with van der Waals surface area (Å²) in [6, 6.07) is 0. The topological polar surface area (TPSA) is 37.3 Å². The summed E-state index contributed by atoms with van der Waals surface area (Å²) in [6.45, 7) is 6.29. The Hall–Kier alpha value is -0.370. The van der Waals surface area contributed by atoms with Crippen molar-refractivity contribution >= 4 is 5.78 Å². The molecule has 0 bridgehead atoms. The minimum atomic E-state index is -0.190. The predicted octanol–water partition coefficient (Wildman–Crippen LogP) is 2.40. The highest BCUT2D eigenvalue weighted by Gasteiger charge is 2.51. The summed E-state index contributed by atoms with van der Waals surface area (Å²) in [7, 11) is 0. The van der Waals surface area contributed by atoms with Gasteiger partial charge in [-0.1, -0.05) is 20.8 Å². The maximum Gasteiger partial charge on any atom is 0.141 e. The first-order valence-electron chi connectivity index (χ1n) is 6.19. The van der Waals surface area contributed by atoms with Gasteiger partial charge in [0.25, 0.3) is 0 Å². The molecular weight excluding hydrogens is 188 g/mol. The van der Waals surface area contributed by atoms with Crippen LogP contribution in [0.3, 0.4) is 0 Å². The van der Waals surface area contributed by atoms with Gasteiger partial charge in [-0.05, 0) is 37.5 Å². The second kappa shape index (κ2) is 3.58. The van der Waals surface area contributed by atoms with Gasteiger partial charge < -0.3 is 5.11 Å². The Balaban J connectivity index is 2.27. The van der Waals surface area contributed by atoms with Crippen molar-refractivity contribution in [3.05, 3.63) is 0 Å². The van der Waals surface area contributed by atoms with Gasteiger partial charge in [-0.15, -0.1) is 0 Å². The minimum Gasteiger partial charge on any atom is -0.393 e. The molecule has 1 N–H and O–H groups in total. The second-order valence-corrected chi connectivity index (χ2v) is 5.83. The Labute approximate surface area is 92.1 Å². The van der Waals surface area contributed by atoms with Gasteiger partial charge in [0.1, 0.15) is 5.78 Å². The Morgan fingerprint density at radius 2 is 1.93 bits per heavy atom. The molecule has 0 radical (unpaired) electrons. The van der Waals surface area contributed by atoms with Crippen molar-refractivity contribution in [2.24, 2.45) is 23.2 Å². The van der Waals surface area contributed by atoms with Crippen LogP contribution in [0.4, 0.5) is 0 Å². The number of aliphatic hydroxyl groups is 1. The summed E-state index contributed by atoms with van der Waals surface area (Å²) in [6.07, 6.45) is 3.61. The van der Waals surface area contributed by atoms with Crippen LogP contribution in [-0.4, -0.2) is 17.0 Å². The summed E-state index contributed by atoms with van der Waals surface area (Å²) < 4.78 is 0. The SMILES string of the molecule is C[C@@H]1[C@@H](O)CC[C@]2(C)C(=O)[C@H](C)CC[C@@H]12. The lowest BCUT2D eigenvalue weighted by atomic mass is 9.54. The van der Waals surface area contributed by atoms with E-state index in [2.05, 4.69) is 20.8 Å². The standard InChI is InChI=1S/C13H22O2/c1-8-4-5-10-9(2)11(14)6-7-13(10,3)12(8)15/h8-11,14H,4-7H2,1-3H3/t8-,9+,10+,11+,13+/m1/s1. The molecule has 2 aliphatic rings. The lowest BCUT2D eigenvalue weighted by Gasteiger charge is -2.50. The van der Waals surface area contributed by atoms with E-state index in [0.29, 0.717) is 17.6 Å². The summed E-state index contributed by atoms with van der Waals surface area (Å²) in [5.74, 6) is 1.37. The van der Waals surface area contributed by atoms with Crippen LogP contribution in [0.5, 0.6) is 0 Å². The highest BCUT2D eigenvalue weighted by atomic mass is 16.3. The van der Waals surface area contributed by atoms with Gasteiger partial charge in [-0.3, -0.25) is 4.79 Å². The fourth-order valence-electron chi connectivity index (χ4n) is 3.76. The average molecular weight is 210 g/mol. The van der Waals surface area contributed by atoms with Gasteiger partial charge in [0, 0.05) is 11.3 Å². The lowest BCUT2D eigenvalue weighted by Crippen LogP contribution is -2.51. The van der Waals surface area contributed by atoms with E-state index in [1.54, 1.807) is 0 Å². The molecule has 0 spiro atoms. The average Bonchev–Trinajstić information content (AvgIpc) is 2.21. The number of carbonyl (C=O) groups is 1. The third kappa shape index (κ3) is 1.54. The van der Waals surface area contributed by atoms with Crippen molar-refractivity contribution in [3.8, 4) is 0 Å². The molecule has 0 saturated heterocycles. The number of aliphatic hydroxyl groups excluding tert-OH is 1. The van der Waals surface area contributed by atoms with Gasteiger partial charge in [0.05, 0.1) is 6.10 Å². The molecule has 0 unspecified atom stereocenters. The van der Waals surface area contributed by atoms with E-state index in [1.807, 2.05) is 0 Å². The number of hydrogen-bond acceptors (Lipinski definition) is 2. The molecule has 2 heteroatoms. The molecule has 2 nitrogen and oxygen atoms in total. The van der Waals surface area contributed by atoms with Gasteiger partial charge in [-0.25, -0.2) is 0 Å². The predicted molar refractivity (Wildman–Crippen MR) is 59.4 cm³/mol. The number of fused-ring (bicyclic) bond motifs is 1. The molecular formula is C13H22O2. The van der Waals surface area contributed by atoms with Crippen LogP contribution in [0.25, 0.3) is 0 Å². The van der Waals surface area contributed by atoms with Crippen LogP contribution in [0.2, 0.25) is 0 Å². The summed E-state index contributed by atoms with van der Waals surface area (Å²) in [5, 5.41) is 9.87. The van der Waals surface area contributed by atoms with Crippen LogP contribution in [0.15, 0.2) is 0 Å². The first-order valence-corrected chi connectivity index (χ1v) is 6.19.